The maximum absolute atomic E-state index is 5.42. The molecule has 1 aliphatic heterocycles. The molecule has 0 N–H and O–H groups in total. The van der Waals surface area contributed by atoms with Gasteiger partial charge in [0, 0.05) is 0 Å². The molecule has 0 amide bonds. The zero-order valence-corrected chi connectivity index (χ0v) is 10.6. The summed E-state index contributed by atoms with van der Waals surface area (Å²) in [6.45, 7) is 4.74. The SMILES string of the molecule is CC(C)c1cccc(-c2ccc3c(c2)OCO3)c1. The molecular formula is C16H16O2. The van der Waals surface area contributed by atoms with Crippen molar-refractivity contribution < 1.29 is 9.47 Å². The summed E-state index contributed by atoms with van der Waals surface area (Å²) in [6, 6.07) is 14.7. The molecule has 0 aromatic heterocycles. The van der Waals surface area contributed by atoms with Crippen LogP contribution in [0, 0.1) is 0 Å². The minimum absolute atomic E-state index is 0.324. The summed E-state index contributed by atoms with van der Waals surface area (Å²) in [5, 5.41) is 0. The maximum Gasteiger partial charge on any atom is 0.231 e. The van der Waals surface area contributed by atoms with E-state index in [1.807, 2.05) is 12.1 Å². The van der Waals surface area contributed by atoms with E-state index in [0.717, 1.165) is 11.5 Å². The summed E-state index contributed by atoms with van der Waals surface area (Å²) in [5.41, 5.74) is 3.74. The smallest absolute Gasteiger partial charge is 0.231 e. The molecule has 0 saturated carbocycles. The van der Waals surface area contributed by atoms with Crippen molar-refractivity contribution in [2.45, 2.75) is 19.8 Å². The van der Waals surface area contributed by atoms with Crippen LogP contribution < -0.4 is 9.47 Å². The molecule has 0 fully saturated rings. The lowest BCUT2D eigenvalue weighted by atomic mass is 9.97. The molecule has 2 heteroatoms. The second kappa shape index (κ2) is 4.37. The van der Waals surface area contributed by atoms with E-state index in [4.69, 9.17) is 9.47 Å². The standard InChI is InChI=1S/C16H16O2/c1-11(2)12-4-3-5-13(8-12)14-6-7-15-16(9-14)18-10-17-15/h3-9,11H,10H2,1-2H3. The molecule has 2 nitrogen and oxygen atoms in total. The minimum Gasteiger partial charge on any atom is -0.454 e. The van der Waals surface area contributed by atoms with Crippen molar-refractivity contribution in [2.24, 2.45) is 0 Å². The minimum atomic E-state index is 0.324. The normalized spacial score (nSPS) is 13.1. The quantitative estimate of drug-likeness (QED) is 0.783. The number of rotatable bonds is 2. The van der Waals surface area contributed by atoms with Gasteiger partial charge in [-0.15, -0.1) is 0 Å². The van der Waals surface area contributed by atoms with E-state index in [9.17, 15) is 0 Å². The number of hydrogen-bond acceptors (Lipinski definition) is 2. The first-order chi connectivity index (χ1) is 8.74. The highest BCUT2D eigenvalue weighted by Gasteiger charge is 2.13. The summed E-state index contributed by atoms with van der Waals surface area (Å²) < 4.78 is 10.7. The highest BCUT2D eigenvalue weighted by molar-refractivity contribution is 5.68. The lowest BCUT2D eigenvalue weighted by Crippen LogP contribution is -1.92. The van der Waals surface area contributed by atoms with Crippen molar-refractivity contribution in [3.8, 4) is 22.6 Å². The Morgan fingerprint density at radius 3 is 2.50 bits per heavy atom. The highest BCUT2D eigenvalue weighted by Crippen LogP contribution is 2.36. The Morgan fingerprint density at radius 1 is 0.889 bits per heavy atom. The van der Waals surface area contributed by atoms with Crippen LogP contribution in [0.5, 0.6) is 11.5 Å². The van der Waals surface area contributed by atoms with Gasteiger partial charge >= 0.3 is 0 Å². The van der Waals surface area contributed by atoms with Crippen LogP contribution in [0.3, 0.4) is 0 Å². The number of fused-ring (bicyclic) bond motifs is 1. The first-order valence-corrected chi connectivity index (χ1v) is 6.24. The Hall–Kier alpha value is -1.96. The van der Waals surface area contributed by atoms with Gasteiger partial charge in [0.1, 0.15) is 0 Å². The molecule has 0 saturated heterocycles. The molecule has 1 aliphatic rings. The molecule has 18 heavy (non-hydrogen) atoms. The number of ether oxygens (including phenoxy) is 2. The molecular weight excluding hydrogens is 224 g/mol. The average Bonchev–Trinajstić information content (AvgIpc) is 2.86. The first kappa shape index (κ1) is 11.1. The zero-order chi connectivity index (χ0) is 12.5. The van der Waals surface area contributed by atoms with Gasteiger partial charge in [0.05, 0.1) is 0 Å². The Balaban J connectivity index is 2.02. The van der Waals surface area contributed by atoms with Crippen molar-refractivity contribution in [1.82, 2.24) is 0 Å². The molecule has 0 unspecified atom stereocenters. The fraction of sp³-hybridized carbons (Fsp3) is 0.250. The van der Waals surface area contributed by atoms with Crippen LogP contribution in [0.2, 0.25) is 0 Å². The molecule has 2 aromatic rings. The predicted molar refractivity (Wildman–Crippen MR) is 72.1 cm³/mol. The molecule has 0 spiro atoms. The van der Waals surface area contributed by atoms with Gasteiger partial charge < -0.3 is 9.47 Å². The Kier molecular flexibility index (Phi) is 2.71. The second-order valence-electron chi connectivity index (χ2n) is 4.85. The maximum atomic E-state index is 5.42. The van der Waals surface area contributed by atoms with Crippen molar-refractivity contribution in [1.29, 1.82) is 0 Å². The van der Waals surface area contributed by atoms with Gasteiger partial charge in [-0.2, -0.15) is 0 Å². The van der Waals surface area contributed by atoms with E-state index in [1.165, 1.54) is 16.7 Å². The largest absolute Gasteiger partial charge is 0.454 e. The molecule has 0 aliphatic carbocycles. The van der Waals surface area contributed by atoms with E-state index in [0.29, 0.717) is 12.7 Å². The van der Waals surface area contributed by atoms with E-state index < -0.39 is 0 Å². The van der Waals surface area contributed by atoms with Gasteiger partial charge in [0.25, 0.3) is 0 Å². The lowest BCUT2D eigenvalue weighted by Gasteiger charge is -2.08. The van der Waals surface area contributed by atoms with Crippen molar-refractivity contribution >= 4 is 0 Å². The van der Waals surface area contributed by atoms with E-state index in [-0.39, 0.29) is 0 Å². The van der Waals surface area contributed by atoms with Crippen LogP contribution in [0.25, 0.3) is 11.1 Å². The van der Waals surface area contributed by atoms with Gasteiger partial charge in [0.2, 0.25) is 6.79 Å². The third-order valence-corrected chi connectivity index (χ3v) is 3.26. The summed E-state index contributed by atoms with van der Waals surface area (Å²) in [6.07, 6.45) is 0. The predicted octanol–water partition coefficient (Wildman–Crippen LogP) is 4.21. The molecule has 0 radical (unpaired) electrons. The molecule has 1 heterocycles. The van der Waals surface area contributed by atoms with Crippen LogP contribution in [0.1, 0.15) is 25.3 Å². The molecule has 0 bridgehead atoms. The second-order valence-corrected chi connectivity index (χ2v) is 4.85. The average molecular weight is 240 g/mol. The number of benzene rings is 2. The highest BCUT2D eigenvalue weighted by atomic mass is 16.7. The van der Waals surface area contributed by atoms with E-state index >= 15 is 0 Å². The van der Waals surface area contributed by atoms with Crippen LogP contribution in [0.4, 0.5) is 0 Å². The molecule has 3 rings (SSSR count). The van der Waals surface area contributed by atoms with E-state index in [1.54, 1.807) is 0 Å². The molecule has 2 aromatic carbocycles. The molecule has 0 atom stereocenters. The van der Waals surface area contributed by atoms with Gasteiger partial charge in [0.15, 0.2) is 11.5 Å². The fourth-order valence-electron chi connectivity index (χ4n) is 2.15. The van der Waals surface area contributed by atoms with Crippen LogP contribution in [0.15, 0.2) is 42.5 Å². The van der Waals surface area contributed by atoms with Gasteiger partial charge in [-0.25, -0.2) is 0 Å². The number of hydrogen-bond donors (Lipinski definition) is 0. The topological polar surface area (TPSA) is 18.5 Å². The van der Waals surface area contributed by atoms with Crippen molar-refractivity contribution in [3.05, 3.63) is 48.0 Å². The third-order valence-electron chi connectivity index (χ3n) is 3.26. The summed E-state index contributed by atoms with van der Waals surface area (Å²) in [5.74, 6) is 2.21. The zero-order valence-electron chi connectivity index (χ0n) is 10.6. The Morgan fingerprint density at radius 2 is 1.67 bits per heavy atom. The Bertz CT molecular complexity index is 573. The van der Waals surface area contributed by atoms with E-state index in [2.05, 4.69) is 44.2 Å². The summed E-state index contributed by atoms with van der Waals surface area (Å²) in [4.78, 5) is 0. The van der Waals surface area contributed by atoms with Gasteiger partial charge in [-0.1, -0.05) is 44.2 Å². The third kappa shape index (κ3) is 1.94. The lowest BCUT2D eigenvalue weighted by molar-refractivity contribution is 0.174. The van der Waals surface area contributed by atoms with Crippen LogP contribution in [-0.2, 0) is 0 Å². The first-order valence-electron chi connectivity index (χ1n) is 6.24. The van der Waals surface area contributed by atoms with Crippen LogP contribution >= 0.6 is 0 Å². The fourth-order valence-corrected chi connectivity index (χ4v) is 2.15. The monoisotopic (exact) mass is 240 g/mol. The van der Waals surface area contributed by atoms with Gasteiger partial charge in [-0.05, 0) is 34.7 Å². The van der Waals surface area contributed by atoms with Crippen molar-refractivity contribution in [3.63, 3.8) is 0 Å². The van der Waals surface area contributed by atoms with Crippen molar-refractivity contribution in [2.75, 3.05) is 6.79 Å². The Labute approximate surface area is 107 Å². The van der Waals surface area contributed by atoms with Crippen LogP contribution in [-0.4, -0.2) is 6.79 Å². The molecule has 92 valence electrons. The summed E-state index contributed by atoms with van der Waals surface area (Å²) >= 11 is 0. The van der Waals surface area contributed by atoms with Gasteiger partial charge in [-0.3, -0.25) is 0 Å². The summed E-state index contributed by atoms with van der Waals surface area (Å²) in [7, 11) is 0.